The summed E-state index contributed by atoms with van der Waals surface area (Å²) in [6.07, 6.45) is 5.58. The van der Waals surface area contributed by atoms with Crippen LogP contribution in [0.3, 0.4) is 0 Å². The first-order chi connectivity index (χ1) is 10.4. The van der Waals surface area contributed by atoms with E-state index in [9.17, 15) is 4.79 Å². The second kappa shape index (κ2) is 5.61. The molecular formula is C16H22N4O2. The average molecular weight is 302 g/mol. The summed E-state index contributed by atoms with van der Waals surface area (Å²) >= 11 is 0. The van der Waals surface area contributed by atoms with E-state index in [4.69, 9.17) is 4.74 Å². The number of rotatable bonds is 3. The molecule has 2 aromatic rings. The number of nitrogens with one attached hydrogen (secondary N) is 2. The minimum absolute atomic E-state index is 0.114. The minimum atomic E-state index is -0.181. The molecule has 2 aromatic heterocycles. The molecule has 0 saturated carbocycles. The van der Waals surface area contributed by atoms with E-state index >= 15 is 0 Å². The summed E-state index contributed by atoms with van der Waals surface area (Å²) in [5.41, 5.74) is 2.07. The highest BCUT2D eigenvalue weighted by molar-refractivity contribution is 5.93. The van der Waals surface area contributed by atoms with E-state index in [1.54, 1.807) is 6.07 Å². The maximum Gasteiger partial charge on any atom is 0.269 e. The Morgan fingerprint density at radius 1 is 1.55 bits per heavy atom. The molecule has 0 aliphatic carbocycles. The van der Waals surface area contributed by atoms with Gasteiger partial charge in [0, 0.05) is 37.7 Å². The van der Waals surface area contributed by atoms with Crippen LogP contribution < -0.4 is 5.32 Å². The summed E-state index contributed by atoms with van der Waals surface area (Å²) in [7, 11) is 1.96. The standard InChI is InChI=1S/C16H22N4O2/c1-16(2)9-12(5-7-22-16)17-15(21)14-8-13(18-19-14)11-4-6-20(3)10-11/h4,6,8,10,12H,5,7,9H2,1-3H3,(H,17,21)(H,18,19)/t12-/m1/s1. The normalized spacial score (nSPS) is 20.8. The fourth-order valence-corrected chi connectivity index (χ4v) is 2.86. The van der Waals surface area contributed by atoms with Gasteiger partial charge in [-0.25, -0.2) is 0 Å². The van der Waals surface area contributed by atoms with Crippen molar-refractivity contribution in [3.8, 4) is 11.3 Å². The third kappa shape index (κ3) is 3.22. The van der Waals surface area contributed by atoms with Gasteiger partial charge in [0.2, 0.25) is 0 Å². The van der Waals surface area contributed by atoms with Gasteiger partial charge in [-0.05, 0) is 38.8 Å². The van der Waals surface area contributed by atoms with Gasteiger partial charge in [0.1, 0.15) is 5.69 Å². The number of H-pyrrole nitrogens is 1. The number of ether oxygens (including phenoxy) is 1. The Morgan fingerprint density at radius 3 is 3.05 bits per heavy atom. The lowest BCUT2D eigenvalue weighted by molar-refractivity contribution is -0.0615. The predicted molar refractivity (Wildman–Crippen MR) is 83.5 cm³/mol. The molecule has 6 heteroatoms. The fraction of sp³-hybridized carbons (Fsp3) is 0.500. The number of aryl methyl sites for hydroxylation is 1. The third-order valence-electron chi connectivity index (χ3n) is 3.98. The van der Waals surface area contributed by atoms with Crippen molar-refractivity contribution in [3.63, 3.8) is 0 Å². The molecule has 0 aromatic carbocycles. The van der Waals surface area contributed by atoms with Gasteiger partial charge in [0.05, 0.1) is 11.3 Å². The topological polar surface area (TPSA) is 71.9 Å². The van der Waals surface area contributed by atoms with E-state index in [0.29, 0.717) is 12.3 Å². The number of aromatic amines is 1. The van der Waals surface area contributed by atoms with Gasteiger partial charge in [-0.15, -0.1) is 0 Å². The third-order valence-corrected chi connectivity index (χ3v) is 3.98. The van der Waals surface area contributed by atoms with Crippen LogP contribution in [0.15, 0.2) is 24.5 Å². The number of amides is 1. The van der Waals surface area contributed by atoms with Gasteiger partial charge < -0.3 is 14.6 Å². The van der Waals surface area contributed by atoms with Crippen molar-refractivity contribution in [1.82, 2.24) is 20.1 Å². The molecule has 1 fully saturated rings. The molecule has 1 aliphatic heterocycles. The summed E-state index contributed by atoms with van der Waals surface area (Å²) in [5.74, 6) is -0.114. The molecule has 118 valence electrons. The van der Waals surface area contributed by atoms with Crippen LogP contribution in [0.1, 0.15) is 37.2 Å². The number of nitrogens with zero attached hydrogens (tertiary/aromatic N) is 2. The summed E-state index contributed by atoms with van der Waals surface area (Å²) in [5, 5.41) is 10.1. The van der Waals surface area contributed by atoms with Crippen LogP contribution in [-0.4, -0.2) is 38.9 Å². The molecule has 22 heavy (non-hydrogen) atoms. The van der Waals surface area contributed by atoms with E-state index in [1.807, 2.05) is 30.1 Å². The minimum Gasteiger partial charge on any atom is -0.375 e. The number of carbonyl (C=O) groups excluding carboxylic acids is 1. The zero-order valence-corrected chi connectivity index (χ0v) is 13.2. The Bertz CT molecular complexity index is 671. The van der Waals surface area contributed by atoms with E-state index < -0.39 is 0 Å². The van der Waals surface area contributed by atoms with Crippen LogP contribution >= 0.6 is 0 Å². The Hall–Kier alpha value is -2.08. The highest BCUT2D eigenvalue weighted by Crippen LogP contribution is 2.24. The van der Waals surface area contributed by atoms with Crippen LogP contribution in [0, 0.1) is 0 Å². The van der Waals surface area contributed by atoms with Crippen molar-refractivity contribution in [3.05, 3.63) is 30.2 Å². The summed E-state index contributed by atoms with van der Waals surface area (Å²) in [6.45, 7) is 4.78. The Balaban J connectivity index is 1.67. The zero-order valence-electron chi connectivity index (χ0n) is 13.2. The Kier molecular flexibility index (Phi) is 3.78. The van der Waals surface area contributed by atoms with Crippen LogP contribution in [0.2, 0.25) is 0 Å². The molecule has 0 unspecified atom stereocenters. The highest BCUT2D eigenvalue weighted by Gasteiger charge is 2.30. The van der Waals surface area contributed by atoms with Gasteiger partial charge in [0.25, 0.3) is 5.91 Å². The fourth-order valence-electron chi connectivity index (χ4n) is 2.86. The van der Waals surface area contributed by atoms with Crippen molar-refractivity contribution in [2.45, 2.75) is 38.3 Å². The number of hydrogen-bond donors (Lipinski definition) is 2. The van der Waals surface area contributed by atoms with Crippen LogP contribution in [0.5, 0.6) is 0 Å². The van der Waals surface area contributed by atoms with Gasteiger partial charge in [0.15, 0.2) is 0 Å². The number of hydrogen-bond acceptors (Lipinski definition) is 3. The first kappa shape index (κ1) is 14.8. The van der Waals surface area contributed by atoms with Gasteiger partial charge in [-0.1, -0.05) is 0 Å². The van der Waals surface area contributed by atoms with Gasteiger partial charge in [-0.2, -0.15) is 5.10 Å². The molecular weight excluding hydrogens is 280 g/mol. The molecule has 3 heterocycles. The molecule has 0 spiro atoms. The summed E-state index contributed by atoms with van der Waals surface area (Å²) in [4.78, 5) is 12.3. The number of carbonyl (C=O) groups is 1. The monoisotopic (exact) mass is 302 g/mol. The Labute approximate surface area is 129 Å². The first-order valence-corrected chi connectivity index (χ1v) is 7.55. The lowest BCUT2D eigenvalue weighted by atomic mass is 9.94. The van der Waals surface area contributed by atoms with Crippen molar-refractivity contribution in [1.29, 1.82) is 0 Å². The SMILES string of the molecule is Cn1ccc(-c2cc(C(=O)N[C@@H]3CCOC(C)(C)C3)[nH]n2)c1. The summed E-state index contributed by atoms with van der Waals surface area (Å²) < 4.78 is 7.63. The molecule has 6 nitrogen and oxygen atoms in total. The van der Waals surface area contributed by atoms with Gasteiger partial charge >= 0.3 is 0 Å². The maximum atomic E-state index is 12.3. The van der Waals surface area contributed by atoms with Crippen LogP contribution in [-0.2, 0) is 11.8 Å². The average Bonchev–Trinajstić information content (AvgIpc) is 3.05. The second-order valence-electron chi connectivity index (χ2n) is 6.50. The lowest BCUT2D eigenvalue weighted by Gasteiger charge is -2.35. The molecule has 0 bridgehead atoms. The van der Waals surface area contributed by atoms with Crippen molar-refractivity contribution >= 4 is 5.91 Å². The molecule has 1 aliphatic rings. The molecule has 3 rings (SSSR count). The lowest BCUT2D eigenvalue weighted by Crippen LogP contribution is -2.45. The van der Waals surface area contributed by atoms with Crippen molar-refractivity contribution in [2.75, 3.05) is 6.61 Å². The smallest absolute Gasteiger partial charge is 0.269 e. The van der Waals surface area contributed by atoms with E-state index in [1.165, 1.54) is 0 Å². The summed E-state index contributed by atoms with van der Waals surface area (Å²) in [6, 6.07) is 3.90. The van der Waals surface area contributed by atoms with Crippen molar-refractivity contribution < 1.29 is 9.53 Å². The molecule has 2 N–H and O–H groups in total. The second-order valence-corrected chi connectivity index (χ2v) is 6.50. The largest absolute Gasteiger partial charge is 0.375 e. The van der Waals surface area contributed by atoms with Crippen LogP contribution in [0.4, 0.5) is 0 Å². The van der Waals surface area contributed by atoms with E-state index in [0.717, 1.165) is 24.1 Å². The molecule has 1 amide bonds. The predicted octanol–water partition coefficient (Wildman–Crippen LogP) is 2.10. The molecule has 1 saturated heterocycles. The van der Waals surface area contributed by atoms with Gasteiger partial charge in [-0.3, -0.25) is 9.89 Å². The van der Waals surface area contributed by atoms with Crippen molar-refractivity contribution in [2.24, 2.45) is 7.05 Å². The Morgan fingerprint density at radius 2 is 2.36 bits per heavy atom. The quantitative estimate of drug-likeness (QED) is 0.912. The van der Waals surface area contributed by atoms with E-state index in [2.05, 4.69) is 29.4 Å². The highest BCUT2D eigenvalue weighted by atomic mass is 16.5. The first-order valence-electron chi connectivity index (χ1n) is 7.55. The maximum absolute atomic E-state index is 12.3. The number of aromatic nitrogens is 3. The zero-order chi connectivity index (χ0) is 15.7. The van der Waals surface area contributed by atoms with Crippen LogP contribution in [0.25, 0.3) is 11.3 Å². The molecule has 0 radical (unpaired) electrons. The van der Waals surface area contributed by atoms with E-state index in [-0.39, 0.29) is 17.6 Å². The molecule has 1 atom stereocenters.